The number of benzene rings is 3. The molecule has 5 aromatic rings. The second-order valence-corrected chi connectivity index (χ2v) is 12.8. The Hall–Kier alpha value is -4.31. The van der Waals surface area contributed by atoms with Crippen LogP contribution in [0.4, 0.5) is 0 Å². The largest absolute Gasteiger partial charge is 0.493 e. The van der Waals surface area contributed by atoms with Crippen LogP contribution in [-0.4, -0.2) is 35.4 Å². The molecule has 1 aliphatic rings. The zero-order valence-corrected chi connectivity index (χ0v) is 28.9. The summed E-state index contributed by atoms with van der Waals surface area (Å²) >= 11 is 14.0. The van der Waals surface area contributed by atoms with Crippen LogP contribution in [0.25, 0.3) is 17.0 Å². The fourth-order valence-electron chi connectivity index (χ4n) is 6.09. The van der Waals surface area contributed by atoms with Gasteiger partial charge in [-0.15, -0.1) is 0 Å². The minimum Gasteiger partial charge on any atom is -0.493 e. The second-order valence-electron chi connectivity index (χ2n) is 11.0. The Balaban J connectivity index is 1.58. The molecule has 0 saturated heterocycles. The molecule has 1 atom stereocenters. The lowest BCUT2D eigenvalue weighted by molar-refractivity contribution is -0.139. The first kappa shape index (κ1) is 32.6. The smallest absolute Gasteiger partial charge is 0.338 e. The Morgan fingerprint density at radius 1 is 1.04 bits per heavy atom. The third kappa shape index (κ3) is 5.88. The summed E-state index contributed by atoms with van der Waals surface area (Å²) in [7, 11) is 1.56. The van der Waals surface area contributed by atoms with Gasteiger partial charge in [-0.25, -0.2) is 9.79 Å². The van der Waals surface area contributed by atoms with E-state index in [1.807, 2.05) is 62.4 Å². The quantitative estimate of drug-likeness (QED) is 0.159. The molecule has 0 bridgehead atoms. The fourth-order valence-corrected chi connectivity index (χ4v) is 7.59. The van der Waals surface area contributed by atoms with Crippen molar-refractivity contribution in [3.05, 3.63) is 124 Å². The van der Waals surface area contributed by atoms with Gasteiger partial charge >= 0.3 is 5.97 Å². The molecule has 2 aromatic heterocycles. The molecular formula is C36H33Cl2N3O5S. The van der Waals surface area contributed by atoms with E-state index in [4.69, 9.17) is 42.4 Å². The van der Waals surface area contributed by atoms with Gasteiger partial charge in [0.15, 0.2) is 16.3 Å². The highest BCUT2D eigenvalue weighted by atomic mass is 35.5. The number of halogens is 2. The number of aromatic nitrogens is 2. The second kappa shape index (κ2) is 13.4. The average Bonchev–Trinajstić information content (AvgIpc) is 3.50. The molecular weight excluding hydrogens is 657 g/mol. The lowest BCUT2D eigenvalue weighted by atomic mass is 9.94. The summed E-state index contributed by atoms with van der Waals surface area (Å²) < 4.78 is 21.4. The number of nitrogens with zero attached hydrogens (tertiary/aromatic N) is 3. The molecule has 0 N–H and O–H groups in total. The molecule has 1 aliphatic heterocycles. The standard InChI is InChI=1S/C36H33Cl2N3O5S/c1-6-45-33-25(12-10-14-29(33)44-5)32-31(35(43)46-7-2)20(3)39-36-41(32)34(42)30(47-36)18-26-21(4)40(28-13-9-8-11-24(26)28)19-22-15-16-23(37)17-27(22)38/h8-18,32H,6-7,19H2,1-5H3/b30-18+/t32-/m1/s1. The molecule has 6 rings (SSSR count). The van der Waals surface area contributed by atoms with E-state index in [-0.39, 0.29) is 17.7 Å². The van der Waals surface area contributed by atoms with E-state index in [2.05, 4.69) is 10.6 Å². The number of esters is 1. The molecule has 8 nitrogen and oxygen atoms in total. The summed E-state index contributed by atoms with van der Waals surface area (Å²) in [6, 6.07) is 18.2. The minimum absolute atomic E-state index is 0.174. The topological polar surface area (TPSA) is 84.1 Å². The molecule has 242 valence electrons. The number of rotatable bonds is 9. The van der Waals surface area contributed by atoms with Crippen LogP contribution < -0.4 is 24.4 Å². The Morgan fingerprint density at radius 3 is 2.55 bits per heavy atom. The van der Waals surface area contributed by atoms with Crippen molar-refractivity contribution >= 4 is 57.5 Å². The number of ether oxygens (including phenoxy) is 3. The van der Waals surface area contributed by atoms with E-state index in [9.17, 15) is 9.59 Å². The first-order valence-electron chi connectivity index (χ1n) is 15.2. The molecule has 0 unspecified atom stereocenters. The van der Waals surface area contributed by atoms with E-state index >= 15 is 0 Å². The molecule has 0 fully saturated rings. The van der Waals surface area contributed by atoms with Gasteiger partial charge in [-0.3, -0.25) is 9.36 Å². The lowest BCUT2D eigenvalue weighted by Crippen LogP contribution is -2.40. The first-order chi connectivity index (χ1) is 22.7. The van der Waals surface area contributed by atoms with E-state index in [1.54, 1.807) is 37.7 Å². The maximum absolute atomic E-state index is 14.5. The van der Waals surface area contributed by atoms with Crippen LogP contribution in [0, 0.1) is 6.92 Å². The predicted octanol–water partition coefficient (Wildman–Crippen LogP) is 6.82. The van der Waals surface area contributed by atoms with Gasteiger partial charge < -0.3 is 18.8 Å². The van der Waals surface area contributed by atoms with Gasteiger partial charge in [-0.2, -0.15) is 0 Å². The van der Waals surface area contributed by atoms with Crippen LogP contribution in [0.1, 0.15) is 49.2 Å². The summed E-state index contributed by atoms with van der Waals surface area (Å²) in [6.07, 6.45) is 1.91. The highest BCUT2D eigenvalue weighted by Crippen LogP contribution is 2.41. The lowest BCUT2D eigenvalue weighted by Gasteiger charge is -2.26. The SMILES string of the molecule is CCOC(=O)C1=C(C)N=c2s/c(=C/c3c(C)n(Cc4ccc(Cl)cc4Cl)c4ccccc34)c(=O)n2[C@@H]1c1cccc(OC)c1OCC. The number of carbonyl (C=O) groups is 1. The summed E-state index contributed by atoms with van der Waals surface area (Å²) in [6.45, 7) is 8.46. The van der Waals surface area contributed by atoms with Gasteiger partial charge in [0, 0.05) is 44.3 Å². The summed E-state index contributed by atoms with van der Waals surface area (Å²) in [5, 5.41) is 2.15. The average molecular weight is 691 g/mol. The number of methoxy groups -OCH3 is 1. The normalized spacial score (nSPS) is 14.7. The number of fused-ring (bicyclic) bond motifs is 2. The molecule has 3 aromatic carbocycles. The number of hydrogen-bond acceptors (Lipinski definition) is 7. The van der Waals surface area contributed by atoms with Crippen LogP contribution in [-0.2, 0) is 16.1 Å². The van der Waals surface area contributed by atoms with Crippen molar-refractivity contribution in [1.82, 2.24) is 9.13 Å². The number of allylic oxidation sites excluding steroid dienone is 1. The monoisotopic (exact) mass is 689 g/mol. The van der Waals surface area contributed by atoms with E-state index in [1.165, 1.54) is 11.3 Å². The minimum atomic E-state index is -0.849. The molecule has 3 heterocycles. The Morgan fingerprint density at radius 2 is 1.83 bits per heavy atom. The van der Waals surface area contributed by atoms with Gasteiger partial charge in [0.25, 0.3) is 5.56 Å². The van der Waals surface area contributed by atoms with Crippen LogP contribution in [0.2, 0.25) is 10.0 Å². The zero-order chi connectivity index (χ0) is 33.4. The Bertz CT molecular complexity index is 2250. The highest BCUT2D eigenvalue weighted by Gasteiger charge is 2.36. The van der Waals surface area contributed by atoms with Gasteiger partial charge in [0.2, 0.25) is 0 Å². The van der Waals surface area contributed by atoms with Crippen molar-refractivity contribution in [3.63, 3.8) is 0 Å². The molecule has 0 amide bonds. The van der Waals surface area contributed by atoms with Crippen molar-refractivity contribution in [3.8, 4) is 11.5 Å². The van der Waals surface area contributed by atoms with Gasteiger partial charge in [0.05, 0.1) is 36.1 Å². The third-order valence-electron chi connectivity index (χ3n) is 8.23. The molecule has 0 saturated carbocycles. The van der Waals surface area contributed by atoms with Crippen molar-refractivity contribution < 1.29 is 19.0 Å². The van der Waals surface area contributed by atoms with Gasteiger partial charge in [-0.05, 0) is 63.6 Å². The van der Waals surface area contributed by atoms with Gasteiger partial charge in [-0.1, -0.05) is 70.9 Å². The van der Waals surface area contributed by atoms with Crippen molar-refractivity contribution in [1.29, 1.82) is 0 Å². The first-order valence-corrected chi connectivity index (χ1v) is 16.8. The van der Waals surface area contributed by atoms with E-state index in [0.29, 0.717) is 55.3 Å². The van der Waals surface area contributed by atoms with Crippen molar-refractivity contribution in [2.24, 2.45) is 4.99 Å². The number of hydrogen-bond donors (Lipinski definition) is 0. The molecule has 11 heteroatoms. The molecule has 47 heavy (non-hydrogen) atoms. The van der Waals surface area contributed by atoms with Gasteiger partial charge in [0.1, 0.15) is 6.04 Å². The van der Waals surface area contributed by atoms with E-state index in [0.717, 1.165) is 27.7 Å². The van der Waals surface area contributed by atoms with E-state index < -0.39 is 12.0 Å². The van der Waals surface area contributed by atoms with Crippen LogP contribution in [0.3, 0.4) is 0 Å². The predicted molar refractivity (Wildman–Crippen MR) is 187 cm³/mol. The summed E-state index contributed by atoms with van der Waals surface area (Å²) in [4.78, 5) is 33.2. The Labute approximate surface area is 285 Å². The van der Waals surface area contributed by atoms with Crippen LogP contribution >= 0.6 is 34.5 Å². The number of carbonyl (C=O) groups excluding carboxylic acids is 1. The van der Waals surface area contributed by atoms with Crippen molar-refractivity contribution in [2.75, 3.05) is 20.3 Å². The highest BCUT2D eigenvalue weighted by molar-refractivity contribution is 7.07. The zero-order valence-electron chi connectivity index (χ0n) is 26.6. The number of thiazole rings is 1. The summed E-state index contributed by atoms with van der Waals surface area (Å²) in [5.74, 6) is 0.403. The number of para-hydroxylation sites is 2. The maximum atomic E-state index is 14.5. The Kier molecular flexibility index (Phi) is 9.32. The summed E-state index contributed by atoms with van der Waals surface area (Å²) in [5.41, 5.74) is 4.87. The molecule has 0 spiro atoms. The fraction of sp³-hybridized carbons (Fsp3) is 0.250. The van der Waals surface area contributed by atoms with Crippen LogP contribution in [0.5, 0.6) is 11.5 Å². The third-order valence-corrected chi connectivity index (χ3v) is 9.80. The molecule has 0 radical (unpaired) electrons. The van der Waals surface area contributed by atoms with Crippen LogP contribution in [0.15, 0.2) is 81.7 Å². The molecule has 0 aliphatic carbocycles. The maximum Gasteiger partial charge on any atom is 0.338 e. The van der Waals surface area contributed by atoms with Crippen molar-refractivity contribution in [2.45, 2.75) is 40.3 Å².